The Morgan fingerprint density at radius 3 is 2.81 bits per heavy atom. The predicted octanol–water partition coefficient (Wildman–Crippen LogP) is 1.04. The van der Waals surface area contributed by atoms with Crippen molar-refractivity contribution in [2.24, 2.45) is 7.05 Å². The summed E-state index contributed by atoms with van der Waals surface area (Å²) in [5, 5.41) is 14.3. The minimum atomic E-state index is -0.185. The maximum absolute atomic E-state index is 12.1. The summed E-state index contributed by atoms with van der Waals surface area (Å²) in [4.78, 5) is 12.1. The van der Waals surface area contributed by atoms with Crippen molar-refractivity contribution >= 4 is 5.91 Å². The Labute approximate surface area is 122 Å². The standard InChI is InChI=1S/C13H19N5O3/c1-8(2)10-7-11(18(4)15-10)12(19)14-5-6-20-13-9(3)16-21-17-13/h7-8H,5-6H2,1-4H3,(H,14,19). The van der Waals surface area contributed by atoms with Crippen molar-refractivity contribution in [3.8, 4) is 5.88 Å². The Balaban J connectivity index is 1.83. The summed E-state index contributed by atoms with van der Waals surface area (Å²) in [6.45, 7) is 6.44. The minimum absolute atomic E-state index is 0.185. The number of carbonyl (C=O) groups is 1. The van der Waals surface area contributed by atoms with Crippen LogP contribution >= 0.6 is 0 Å². The topological polar surface area (TPSA) is 95.1 Å². The highest BCUT2D eigenvalue weighted by Crippen LogP contribution is 2.13. The van der Waals surface area contributed by atoms with E-state index in [9.17, 15) is 4.79 Å². The van der Waals surface area contributed by atoms with E-state index in [0.29, 0.717) is 23.8 Å². The van der Waals surface area contributed by atoms with Crippen molar-refractivity contribution in [3.63, 3.8) is 0 Å². The lowest BCUT2D eigenvalue weighted by Gasteiger charge is -2.05. The molecule has 8 heteroatoms. The number of hydrogen-bond acceptors (Lipinski definition) is 6. The number of rotatable bonds is 6. The predicted molar refractivity (Wildman–Crippen MR) is 74.2 cm³/mol. The molecule has 0 spiro atoms. The Morgan fingerprint density at radius 1 is 1.48 bits per heavy atom. The highest BCUT2D eigenvalue weighted by Gasteiger charge is 2.14. The summed E-state index contributed by atoms with van der Waals surface area (Å²) in [5.41, 5.74) is 2.00. The van der Waals surface area contributed by atoms with Crippen LogP contribution in [0.4, 0.5) is 0 Å². The van der Waals surface area contributed by atoms with Crippen LogP contribution in [-0.2, 0) is 7.05 Å². The second-order valence-corrected chi connectivity index (χ2v) is 4.99. The maximum Gasteiger partial charge on any atom is 0.278 e. The third-order valence-electron chi connectivity index (χ3n) is 2.96. The molecule has 0 aliphatic rings. The fraction of sp³-hybridized carbons (Fsp3) is 0.538. The molecule has 0 saturated heterocycles. The highest BCUT2D eigenvalue weighted by molar-refractivity contribution is 5.92. The fourth-order valence-corrected chi connectivity index (χ4v) is 1.74. The summed E-state index contributed by atoms with van der Waals surface area (Å²) >= 11 is 0. The Hall–Kier alpha value is -2.38. The van der Waals surface area contributed by atoms with Crippen LogP contribution in [0.25, 0.3) is 0 Å². The number of aryl methyl sites for hydroxylation is 2. The summed E-state index contributed by atoms with van der Waals surface area (Å²) in [7, 11) is 1.75. The van der Waals surface area contributed by atoms with Gasteiger partial charge in [0.1, 0.15) is 18.0 Å². The first-order chi connectivity index (χ1) is 9.99. The molecule has 2 aromatic rings. The van der Waals surface area contributed by atoms with Gasteiger partial charge in [-0.25, -0.2) is 4.63 Å². The van der Waals surface area contributed by atoms with Gasteiger partial charge in [-0.05, 0) is 24.1 Å². The molecule has 1 N–H and O–H groups in total. The molecule has 0 bridgehead atoms. The molecule has 21 heavy (non-hydrogen) atoms. The molecule has 0 fully saturated rings. The van der Waals surface area contributed by atoms with Crippen LogP contribution in [-0.4, -0.2) is 39.2 Å². The number of nitrogens with zero attached hydrogens (tertiary/aromatic N) is 4. The largest absolute Gasteiger partial charge is 0.472 e. The monoisotopic (exact) mass is 293 g/mol. The smallest absolute Gasteiger partial charge is 0.278 e. The molecule has 0 radical (unpaired) electrons. The zero-order valence-corrected chi connectivity index (χ0v) is 12.6. The van der Waals surface area contributed by atoms with E-state index in [-0.39, 0.29) is 18.4 Å². The summed E-state index contributed by atoms with van der Waals surface area (Å²) < 4.78 is 11.4. The molecule has 0 aliphatic heterocycles. The van der Waals surface area contributed by atoms with E-state index in [1.54, 1.807) is 24.7 Å². The van der Waals surface area contributed by atoms with E-state index in [0.717, 1.165) is 5.69 Å². The van der Waals surface area contributed by atoms with Crippen molar-refractivity contribution in [1.82, 2.24) is 25.4 Å². The maximum atomic E-state index is 12.1. The number of amides is 1. The van der Waals surface area contributed by atoms with Gasteiger partial charge in [-0.15, -0.1) is 0 Å². The van der Waals surface area contributed by atoms with Crippen LogP contribution < -0.4 is 10.1 Å². The Bertz CT molecular complexity index is 617. The van der Waals surface area contributed by atoms with Gasteiger partial charge < -0.3 is 10.1 Å². The lowest BCUT2D eigenvalue weighted by molar-refractivity contribution is 0.0937. The van der Waals surface area contributed by atoms with Crippen LogP contribution in [0.3, 0.4) is 0 Å². The van der Waals surface area contributed by atoms with Gasteiger partial charge in [0.25, 0.3) is 11.8 Å². The van der Waals surface area contributed by atoms with Gasteiger partial charge in [0.15, 0.2) is 0 Å². The van der Waals surface area contributed by atoms with Gasteiger partial charge in [0.2, 0.25) is 0 Å². The number of ether oxygens (including phenoxy) is 1. The van der Waals surface area contributed by atoms with Gasteiger partial charge >= 0.3 is 0 Å². The summed E-state index contributed by atoms with van der Waals surface area (Å²) in [6.07, 6.45) is 0. The number of carbonyl (C=O) groups excluding carboxylic acids is 1. The molecular formula is C13H19N5O3. The van der Waals surface area contributed by atoms with E-state index in [1.807, 2.05) is 13.8 Å². The first-order valence-electron chi connectivity index (χ1n) is 6.73. The van der Waals surface area contributed by atoms with Gasteiger partial charge in [-0.3, -0.25) is 9.48 Å². The van der Waals surface area contributed by atoms with Crippen molar-refractivity contribution in [1.29, 1.82) is 0 Å². The van der Waals surface area contributed by atoms with Crippen molar-refractivity contribution in [2.75, 3.05) is 13.2 Å². The van der Waals surface area contributed by atoms with E-state index in [4.69, 9.17) is 4.74 Å². The minimum Gasteiger partial charge on any atom is -0.472 e. The second-order valence-electron chi connectivity index (χ2n) is 4.99. The molecule has 0 aliphatic carbocycles. The van der Waals surface area contributed by atoms with E-state index >= 15 is 0 Å². The summed E-state index contributed by atoms with van der Waals surface area (Å²) in [5.74, 6) is 0.436. The first-order valence-corrected chi connectivity index (χ1v) is 6.73. The van der Waals surface area contributed by atoms with E-state index in [2.05, 4.69) is 25.4 Å². The average molecular weight is 293 g/mol. The molecule has 0 saturated carbocycles. The lowest BCUT2D eigenvalue weighted by atomic mass is 10.1. The number of nitrogens with one attached hydrogen (secondary N) is 1. The van der Waals surface area contributed by atoms with Crippen molar-refractivity contribution in [3.05, 3.63) is 23.1 Å². The van der Waals surface area contributed by atoms with Crippen LogP contribution in [0.5, 0.6) is 5.88 Å². The second kappa shape index (κ2) is 6.38. The highest BCUT2D eigenvalue weighted by atomic mass is 16.6. The molecule has 2 aromatic heterocycles. The quantitative estimate of drug-likeness (QED) is 0.800. The van der Waals surface area contributed by atoms with Crippen molar-refractivity contribution < 1.29 is 14.2 Å². The Kier molecular flexibility index (Phi) is 4.56. The normalized spacial score (nSPS) is 10.9. The van der Waals surface area contributed by atoms with Crippen LogP contribution in [0.1, 0.15) is 41.6 Å². The van der Waals surface area contributed by atoms with Gasteiger partial charge in [-0.2, -0.15) is 5.10 Å². The number of aromatic nitrogens is 4. The van der Waals surface area contributed by atoms with Crippen molar-refractivity contribution in [2.45, 2.75) is 26.7 Å². The van der Waals surface area contributed by atoms with Gasteiger partial charge in [0, 0.05) is 7.05 Å². The molecule has 0 unspecified atom stereocenters. The van der Waals surface area contributed by atoms with Crippen LogP contribution in [0.2, 0.25) is 0 Å². The third-order valence-corrected chi connectivity index (χ3v) is 2.96. The zero-order chi connectivity index (χ0) is 15.4. The molecule has 1 amide bonds. The summed E-state index contributed by atoms with van der Waals surface area (Å²) in [6, 6.07) is 1.80. The SMILES string of the molecule is Cc1nonc1OCCNC(=O)c1cc(C(C)C)nn1C. The lowest BCUT2D eigenvalue weighted by Crippen LogP contribution is -2.29. The first kappa shape index (κ1) is 15.0. The van der Waals surface area contributed by atoms with Crippen LogP contribution in [0.15, 0.2) is 10.7 Å². The fourth-order valence-electron chi connectivity index (χ4n) is 1.74. The van der Waals surface area contributed by atoms with E-state index in [1.165, 1.54) is 0 Å². The Morgan fingerprint density at radius 2 is 2.24 bits per heavy atom. The molecule has 0 atom stereocenters. The zero-order valence-electron chi connectivity index (χ0n) is 12.6. The molecular weight excluding hydrogens is 274 g/mol. The molecule has 0 aromatic carbocycles. The molecule has 2 heterocycles. The van der Waals surface area contributed by atoms with Crippen LogP contribution in [0, 0.1) is 6.92 Å². The molecule has 8 nitrogen and oxygen atoms in total. The van der Waals surface area contributed by atoms with E-state index < -0.39 is 0 Å². The van der Waals surface area contributed by atoms with Gasteiger partial charge in [-0.1, -0.05) is 19.0 Å². The van der Waals surface area contributed by atoms with Gasteiger partial charge in [0.05, 0.1) is 12.2 Å². The molecule has 2 rings (SSSR count). The third kappa shape index (κ3) is 3.59. The molecule has 114 valence electrons. The average Bonchev–Trinajstić information content (AvgIpc) is 3.01. The number of hydrogen-bond donors (Lipinski definition) is 1.